The van der Waals surface area contributed by atoms with Crippen molar-refractivity contribution in [3.05, 3.63) is 23.8 Å². The summed E-state index contributed by atoms with van der Waals surface area (Å²) >= 11 is 0. The Morgan fingerprint density at radius 2 is 2.07 bits per heavy atom. The monoisotopic (exact) mass is 401 g/mol. The molecule has 0 fully saturated rings. The first-order valence-electron chi connectivity index (χ1n) is 10.2. The minimum atomic E-state index is -0.419. The third-order valence-electron chi connectivity index (χ3n) is 5.23. The van der Waals surface area contributed by atoms with Crippen molar-refractivity contribution in [1.82, 2.24) is 19.5 Å². The van der Waals surface area contributed by atoms with E-state index in [0.29, 0.717) is 30.9 Å². The number of aliphatic hydroxyl groups is 2. The predicted octanol–water partition coefficient (Wildman–Crippen LogP) is 1.63. The van der Waals surface area contributed by atoms with Gasteiger partial charge in [-0.1, -0.05) is 13.8 Å². The number of likely N-dealkylation sites (N-methyl/N-ethyl adjacent to an activating group) is 1. The number of hydrogen-bond donors (Lipinski definition) is 2. The molecular formula is C21H31N5O3. The second kappa shape index (κ2) is 9.00. The zero-order valence-corrected chi connectivity index (χ0v) is 17.6. The number of hydrogen-bond acceptors (Lipinski definition) is 7. The summed E-state index contributed by atoms with van der Waals surface area (Å²) < 4.78 is 1.92. The number of aryl methyl sites for hydroxylation is 2. The Morgan fingerprint density at radius 3 is 2.79 bits per heavy atom. The summed E-state index contributed by atoms with van der Waals surface area (Å²) in [7, 11) is 1.88. The highest BCUT2D eigenvalue weighted by atomic mass is 16.3. The highest BCUT2D eigenvalue weighted by Crippen LogP contribution is 2.31. The summed E-state index contributed by atoms with van der Waals surface area (Å²) in [6.45, 7) is 4.83. The zero-order valence-electron chi connectivity index (χ0n) is 17.6. The molecule has 1 aliphatic rings. The molecule has 0 amide bonds. The molecule has 0 radical (unpaired) electrons. The number of carbonyl (C=O) groups excluding carboxylic acids is 1. The van der Waals surface area contributed by atoms with Crippen LogP contribution in [0.4, 0.5) is 5.82 Å². The molecule has 0 bridgehead atoms. The summed E-state index contributed by atoms with van der Waals surface area (Å²) in [5, 5.41) is 18.4. The molecule has 0 atom stereocenters. The van der Waals surface area contributed by atoms with E-state index in [2.05, 4.69) is 4.98 Å². The zero-order chi connectivity index (χ0) is 21.0. The third-order valence-corrected chi connectivity index (χ3v) is 5.23. The molecule has 0 saturated carbocycles. The molecule has 3 rings (SSSR count). The van der Waals surface area contributed by atoms with Gasteiger partial charge in [-0.15, -0.1) is 0 Å². The van der Waals surface area contributed by atoms with Gasteiger partial charge < -0.3 is 19.7 Å². The normalized spacial score (nSPS) is 13.6. The van der Waals surface area contributed by atoms with Crippen LogP contribution in [0.15, 0.2) is 12.5 Å². The summed E-state index contributed by atoms with van der Waals surface area (Å²) in [6.07, 6.45) is 7.46. The van der Waals surface area contributed by atoms with Gasteiger partial charge in [0, 0.05) is 50.7 Å². The maximum absolute atomic E-state index is 12.5. The van der Waals surface area contributed by atoms with Crippen molar-refractivity contribution in [2.75, 3.05) is 31.7 Å². The van der Waals surface area contributed by atoms with E-state index in [0.717, 1.165) is 36.3 Å². The third kappa shape index (κ3) is 5.19. The molecule has 2 N–H and O–H groups in total. The van der Waals surface area contributed by atoms with E-state index in [1.54, 1.807) is 6.33 Å². The van der Waals surface area contributed by atoms with Crippen molar-refractivity contribution in [1.29, 1.82) is 0 Å². The van der Waals surface area contributed by atoms with Gasteiger partial charge in [-0.2, -0.15) is 0 Å². The number of nitrogens with zero attached hydrogens (tertiary/aromatic N) is 5. The van der Waals surface area contributed by atoms with Crippen LogP contribution >= 0.6 is 0 Å². The largest absolute Gasteiger partial charge is 0.396 e. The van der Waals surface area contributed by atoms with Crippen LogP contribution in [0.2, 0.25) is 0 Å². The molecule has 0 aliphatic heterocycles. The molecule has 0 aromatic carbocycles. The first-order valence-corrected chi connectivity index (χ1v) is 10.2. The van der Waals surface area contributed by atoms with Gasteiger partial charge in [-0.25, -0.2) is 15.0 Å². The fraction of sp³-hybridized carbons (Fsp3) is 0.619. The molecule has 1 aliphatic carbocycles. The number of imidazole rings is 1. The van der Waals surface area contributed by atoms with E-state index in [4.69, 9.17) is 15.1 Å². The van der Waals surface area contributed by atoms with Crippen molar-refractivity contribution < 1.29 is 15.0 Å². The maximum atomic E-state index is 12.5. The number of ketones is 1. The number of rotatable bonds is 10. The molecule has 29 heavy (non-hydrogen) atoms. The minimum Gasteiger partial charge on any atom is -0.396 e. The molecule has 8 heteroatoms. The van der Waals surface area contributed by atoms with E-state index in [1.165, 1.54) is 0 Å². The average Bonchev–Trinajstić information content (AvgIpc) is 3.34. The van der Waals surface area contributed by atoms with Crippen LogP contribution in [0, 0.1) is 5.41 Å². The molecule has 0 spiro atoms. The van der Waals surface area contributed by atoms with Crippen LogP contribution in [-0.2, 0) is 24.2 Å². The van der Waals surface area contributed by atoms with Crippen LogP contribution in [0.5, 0.6) is 0 Å². The van der Waals surface area contributed by atoms with E-state index in [-0.39, 0.29) is 25.5 Å². The number of carbonyl (C=O) groups is 1. The average molecular weight is 402 g/mol. The fourth-order valence-electron chi connectivity index (χ4n) is 3.68. The van der Waals surface area contributed by atoms with Gasteiger partial charge in [0.25, 0.3) is 0 Å². The second-order valence-corrected chi connectivity index (χ2v) is 8.62. The van der Waals surface area contributed by atoms with Gasteiger partial charge in [0.05, 0.1) is 12.9 Å². The van der Waals surface area contributed by atoms with E-state index in [1.807, 2.05) is 36.6 Å². The smallest absolute Gasteiger partial charge is 0.182 e. The second-order valence-electron chi connectivity index (χ2n) is 8.62. The molecule has 2 aromatic heterocycles. The van der Waals surface area contributed by atoms with Gasteiger partial charge in [0.1, 0.15) is 11.5 Å². The Hall–Kier alpha value is -2.32. The Bertz CT molecular complexity index is 862. The molecule has 2 aromatic rings. The predicted molar refractivity (Wildman–Crippen MR) is 111 cm³/mol. The molecule has 8 nitrogen and oxygen atoms in total. The first kappa shape index (κ1) is 21.4. The van der Waals surface area contributed by atoms with Crippen molar-refractivity contribution in [2.45, 2.75) is 52.5 Å². The Morgan fingerprint density at radius 1 is 1.28 bits per heavy atom. The van der Waals surface area contributed by atoms with Gasteiger partial charge in [-0.05, 0) is 31.1 Å². The lowest BCUT2D eigenvalue weighted by atomic mass is 9.88. The Kier molecular flexibility index (Phi) is 6.64. The number of aromatic nitrogens is 4. The van der Waals surface area contributed by atoms with Crippen molar-refractivity contribution in [2.24, 2.45) is 5.41 Å². The summed E-state index contributed by atoms with van der Waals surface area (Å²) in [5.74, 6) is 1.44. The van der Waals surface area contributed by atoms with Gasteiger partial charge >= 0.3 is 0 Å². The van der Waals surface area contributed by atoms with Crippen LogP contribution in [0.1, 0.15) is 44.4 Å². The van der Waals surface area contributed by atoms with E-state index < -0.39 is 5.41 Å². The lowest BCUT2D eigenvalue weighted by molar-refractivity contribution is -0.120. The molecule has 0 saturated heterocycles. The summed E-state index contributed by atoms with van der Waals surface area (Å²) in [5.41, 5.74) is 2.42. The molecular weight excluding hydrogens is 370 g/mol. The number of aliphatic hydroxyl groups excluding tert-OH is 2. The molecule has 158 valence electrons. The quantitative estimate of drug-likeness (QED) is 0.623. The van der Waals surface area contributed by atoms with Gasteiger partial charge in [0.2, 0.25) is 0 Å². The minimum absolute atomic E-state index is 0.0194. The number of anilines is 1. The van der Waals surface area contributed by atoms with Gasteiger partial charge in [-0.3, -0.25) is 4.79 Å². The van der Waals surface area contributed by atoms with Crippen LogP contribution < -0.4 is 4.90 Å². The lowest BCUT2D eigenvalue weighted by Gasteiger charge is -2.24. The molecule has 0 unspecified atom stereocenters. The molecule has 2 heterocycles. The van der Waals surface area contributed by atoms with Gasteiger partial charge in [0.15, 0.2) is 11.6 Å². The van der Waals surface area contributed by atoms with E-state index in [9.17, 15) is 9.90 Å². The van der Waals surface area contributed by atoms with E-state index >= 15 is 0 Å². The highest BCUT2D eigenvalue weighted by Gasteiger charge is 2.26. The van der Waals surface area contributed by atoms with Crippen molar-refractivity contribution >= 4 is 11.6 Å². The maximum Gasteiger partial charge on any atom is 0.182 e. The number of Topliss-reactive ketones (excluding diaryl/α,β-unsaturated/α-hetero) is 1. The SMILES string of the molecule is CN(CC(=O)CC(C)(C)CO)c1nc(-c2cn(CCCO)cn2)nc2c1CCC2. The Labute approximate surface area is 171 Å². The van der Waals surface area contributed by atoms with Crippen molar-refractivity contribution in [3.8, 4) is 11.5 Å². The lowest BCUT2D eigenvalue weighted by Crippen LogP contribution is -2.31. The highest BCUT2D eigenvalue weighted by molar-refractivity contribution is 5.84. The van der Waals surface area contributed by atoms with Crippen molar-refractivity contribution in [3.63, 3.8) is 0 Å². The Balaban J connectivity index is 1.83. The van der Waals surface area contributed by atoms with Crippen LogP contribution in [0.3, 0.4) is 0 Å². The fourth-order valence-corrected chi connectivity index (χ4v) is 3.68. The summed E-state index contributed by atoms with van der Waals surface area (Å²) in [6, 6.07) is 0. The number of fused-ring (bicyclic) bond motifs is 1. The standard InChI is InChI=1S/C21H31N5O3/c1-21(2,13-28)10-15(29)11-25(3)20-16-6-4-7-17(16)23-19(24-20)18-12-26(14-22-18)8-5-9-27/h12,14,27-28H,4-11,13H2,1-3H3. The van der Waals surface area contributed by atoms with Crippen LogP contribution in [0.25, 0.3) is 11.5 Å². The van der Waals surface area contributed by atoms with Crippen LogP contribution in [-0.4, -0.2) is 62.3 Å². The topological polar surface area (TPSA) is 104 Å². The first-order chi connectivity index (χ1) is 13.8. The summed E-state index contributed by atoms with van der Waals surface area (Å²) in [4.78, 5) is 28.4.